The van der Waals surface area contributed by atoms with Crippen LogP contribution >= 0.6 is 15.9 Å². The third-order valence-electron chi connectivity index (χ3n) is 3.83. The molecule has 0 bridgehead atoms. The van der Waals surface area contributed by atoms with Gasteiger partial charge >= 0.3 is 0 Å². The Morgan fingerprint density at radius 3 is 2.67 bits per heavy atom. The molecule has 0 saturated carbocycles. The average molecular weight is 365 g/mol. The van der Waals surface area contributed by atoms with Crippen molar-refractivity contribution in [2.75, 3.05) is 19.8 Å². The van der Waals surface area contributed by atoms with E-state index < -0.39 is 23.3 Å². The summed E-state index contributed by atoms with van der Waals surface area (Å²) in [5.74, 6) is 4.31. The quantitative estimate of drug-likeness (QED) is 0.479. The van der Waals surface area contributed by atoms with E-state index in [-0.39, 0.29) is 10.0 Å². The van der Waals surface area contributed by atoms with Gasteiger partial charge in [-0.15, -0.1) is 0 Å². The van der Waals surface area contributed by atoms with E-state index in [4.69, 9.17) is 15.3 Å². The predicted octanol–water partition coefficient (Wildman–Crippen LogP) is 2.82. The van der Waals surface area contributed by atoms with E-state index in [9.17, 15) is 8.78 Å². The van der Waals surface area contributed by atoms with Crippen LogP contribution in [-0.4, -0.2) is 25.4 Å². The van der Waals surface area contributed by atoms with Gasteiger partial charge in [-0.2, -0.15) is 0 Å². The highest BCUT2D eigenvalue weighted by molar-refractivity contribution is 9.10. The van der Waals surface area contributed by atoms with E-state index in [1.165, 1.54) is 12.1 Å². The van der Waals surface area contributed by atoms with Gasteiger partial charge in [0.05, 0.1) is 16.1 Å². The molecule has 2 rings (SSSR count). The first kappa shape index (κ1) is 16.8. The zero-order valence-electron chi connectivity index (χ0n) is 11.8. The van der Waals surface area contributed by atoms with Crippen molar-refractivity contribution in [3.63, 3.8) is 0 Å². The second-order valence-electron chi connectivity index (χ2n) is 4.97. The molecule has 0 amide bonds. The molecule has 0 aromatic heterocycles. The van der Waals surface area contributed by atoms with Crippen molar-refractivity contribution in [1.82, 2.24) is 5.43 Å². The SMILES string of the molecule is CCOC1(C(NN)c2c(F)ccc(Br)c2F)CCOCC1. The van der Waals surface area contributed by atoms with Crippen LogP contribution in [0.2, 0.25) is 0 Å². The Morgan fingerprint density at radius 2 is 2.10 bits per heavy atom. The summed E-state index contributed by atoms with van der Waals surface area (Å²) >= 11 is 3.08. The van der Waals surface area contributed by atoms with Crippen molar-refractivity contribution < 1.29 is 18.3 Å². The smallest absolute Gasteiger partial charge is 0.145 e. The van der Waals surface area contributed by atoms with Gasteiger partial charge in [0.1, 0.15) is 11.6 Å². The molecule has 1 atom stereocenters. The van der Waals surface area contributed by atoms with Crippen molar-refractivity contribution in [1.29, 1.82) is 0 Å². The summed E-state index contributed by atoms with van der Waals surface area (Å²) in [4.78, 5) is 0. The first-order valence-electron chi connectivity index (χ1n) is 6.87. The van der Waals surface area contributed by atoms with Crippen molar-refractivity contribution >= 4 is 15.9 Å². The largest absolute Gasteiger partial charge is 0.381 e. The highest BCUT2D eigenvalue weighted by atomic mass is 79.9. The van der Waals surface area contributed by atoms with Crippen LogP contribution in [0.1, 0.15) is 31.4 Å². The number of nitrogens with two attached hydrogens (primary N) is 1. The lowest BCUT2D eigenvalue weighted by Crippen LogP contribution is -2.52. The summed E-state index contributed by atoms with van der Waals surface area (Å²) in [5, 5.41) is 0. The molecule has 21 heavy (non-hydrogen) atoms. The van der Waals surface area contributed by atoms with E-state index in [2.05, 4.69) is 21.4 Å². The molecule has 1 saturated heterocycles. The molecule has 4 nitrogen and oxygen atoms in total. The predicted molar refractivity (Wildman–Crippen MR) is 78.5 cm³/mol. The summed E-state index contributed by atoms with van der Waals surface area (Å²) in [6.07, 6.45) is 1.03. The molecule has 1 aromatic carbocycles. The molecule has 1 aliphatic rings. The minimum absolute atomic E-state index is 0.109. The molecule has 3 N–H and O–H groups in total. The molecule has 0 radical (unpaired) electrons. The van der Waals surface area contributed by atoms with Crippen LogP contribution in [0.4, 0.5) is 8.78 Å². The van der Waals surface area contributed by atoms with Gasteiger partial charge in [0.2, 0.25) is 0 Å². The summed E-state index contributed by atoms with van der Waals surface area (Å²) in [5.41, 5.74) is 1.64. The number of halogens is 3. The van der Waals surface area contributed by atoms with Gasteiger partial charge in [-0.05, 0) is 35.0 Å². The Hall–Kier alpha value is -0.600. The second-order valence-corrected chi connectivity index (χ2v) is 5.82. The van der Waals surface area contributed by atoms with Gasteiger partial charge in [0.25, 0.3) is 0 Å². The molecule has 1 unspecified atom stereocenters. The van der Waals surface area contributed by atoms with E-state index in [0.29, 0.717) is 32.7 Å². The monoisotopic (exact) mass is 364 g/mol. The van der Waals surface area contributed by atoms with Gasteiger partial charge in [-0.1, -0.05) is 0 Å². The van der Waals surface area contributed by atoms with Crippen LogP contribution in [0.5, 0.6) is 0 Å². The highest BCUT2D eigenvalue weighted by Gasteiger charge is 2.44. The number of rotatable bonds is 5. The maximum absolute atomic E-state index is 14.4. The normalized spacial score (nSPS) is 19.5. The maximum atomic E-state index is 14.4. The summed E-state index contributed by atoms with van der Waals surface area (Å²) < 4.78 is 40.0. The van der Waals surface area contributed by atoms with Gasteiger partial charge < -0.3 is 9.47 Å². The number of nitrogens with one attached hydrogen (secondary N) is 1. The molecule has 0 aliphatic carbocycles. The average Bonchev–Trinajstić information content (AvgIpc) is 2.49. The van der Waals surface area contributed by atoms with Gasteiger partial charge in [-0.25, -0.2) is 14.2 Å². The number of hydrogen-bond donors (Lipinski definition) is 2. The van der Waals surface area contributed by atoms with Crippen molar-refractivity contribution in [2.45, 2.75) is 31.4 Å². The Labute approximate surface area is 131 Å². The standard InChI is InChI=1S/C14H19BrF2N2O2/c1-2-21-14(5-7-20-8-6-14)13(19-18)11-10(16)4-3-9(15)12(11)17/h3-4,13,19H,2,5-8,18H2,1H3. The molecular formula is C14H19BrF2N2O2. The fourth-order valence-electron chi connectivity index (χ4n) is 2.83. The number of hydrogen-bond acceptors (Lipinski definition) is 4. The molecule has 0 spiro atoms. The molecule has 118 valence electrons. The Bertz CT molecular complexity index is 491. The zero-order chi connectivity index (χ0) is 15.5. The molecule has 1 aromatic rings. The first-order valence-corrected chi connectivity index (χ1v) is 7.66. The van der Waals surface area contributed by atoms with Crippen LogP contribution in [0, 0.1) is 11.6 Å². The van der Waals surface area contributed by atoms with E-state index in [1.54, 1.807) is 0 Å². The topological polar surface area (TPSA) is 56.5 Å². The van der Waals surface area contributed by atoms with Crippen LogP contribution in [0.3, 0.4) is 0 Å². The van der Waals surface area contributed by atoms with E-state index in [1.807, 2.05) is 6.92 Å². The number of ether oxygens (including phenoxy) is 2. The lowest BCUT2D eigenvalue weighted by Gasteiger charge is -2.43. The fraction of sp³-hybridized carbons (Fsp3) is 0.571. The molecule has 1 heterocycles. The molecule has 1 fully saturated rings. The van der Waals surface area contributed by atoms with Gasteiger partial charge in [0.15, 0.2) is 0 Å². The molecule has 1 aliphatic heterocycles. The van der Waals surface area contributed by atoms with Gasteiger partial charge in [0, 0.05) is 38.2 Å². The third kappa shape index (κ3) is 3.27. The summed E-state index contributed by atoms with van der Waals surface area (Å²) in [6.45, 7) is 3.21. The highest BCUT2D eigenvalue weighted by Crippen LogP contribution is 2.40. The number of benzene rings is 1. The lowest BCUT2D eigenvalue weighted by molar-refractivity contribution is -0.129. The van der Waals surface area contributed by atoms with Crippen LogP contribution in [-0.2, 0) is 9.47 Å². The van der Waals surface area contributed by atoms with Crippen molar-refractivity contribution in [3.05, 3.63) is 33.8 Å². The molecule has 7 heteroatoms. The van der Waals surface area contributed by atoms with Crippen LogP contribution in [0.25, 0.3) is 0 Å². The minimum Gasteiger partial charge on any atom is -0.381 e. The zero-order valence-corrected chi connectivity index (χ0v) is 13.4. The Morgan fingerprint density at radius 1 is 1.43 bits per heavy atom. The van der Waals surface area contributed by atoms with Crippen LogP contribution in [0.15, 0.2) is 16.6 Å². The second kappa shape index (κ2) is 7.11. The fourth-order valence-corrected chi connectivity index (χ4v) is 3.17. The van der Waals surface area contributed by atoms with Crippen molar-refractivity contribution in [2.24, 2.45) is 5.84 Å². The third-order valence-corrected chi connectivity index (χ3v) is 4.44. The summed E-state index contributed by atoms with van der Waals surface area (Å²) in [7, 11) is 0. The van der Waals surface area contributed by atoms with Crippen LogP contribution < -0.4 is 11.3 Å². The Balaban J connectivity index is 2.48. The minimum atomic E-state index is -0.793. The summed E-state index contributed by atoms with van der Waals surface area (Å²) in [6, 6.07) is 1.75. The van der Waals surface area contributed by atoms with Gasteiger partial charge in [-0.3, -0.25) is 5.84 Å². The van der Waals surface area contributed by atoms with Crippen molar-refractivity contribution in [3.8, 4) is 0 Å². The lowest BCUT2D eigenvalue weighted by atomic mass is 9.82. The van der Waals surface area contributed by atoms with E-state index >= 15 is 0 Å². The Kier molecular flexibility index (Phi) is 5.67. The number of hydrazine groups is 1. The first-order chi connectivity index (χ1) is 10.1. The maximum Gasteiger partial charge on any atom is 0.145 e. The molecular weight excluding hydrogens is 346 g/mol. The van der Waals surface area contributed by atoms with E-state index in [0.717, 1.165) is 0 Å².